The lowest BCUT2D eigenvalue weighted by molar-refractivity contribution is -0.123. The van der Waals surface area contributed by atoms with E-state index in [0.717, 1.165) is 6.07 Å². The Morgan fingerprint density at radius 1 is 1.24 bits per heavy atom. The average Bonchev–Trinajstić information content (AvgIpc) is 2.29. The van der Waals surface area contributed by atoms with E-state index in [1.54, 1.807) is 20.8 Å². The van der Waals surface area contributed by atoms with Gasteiger partial charge in [0.2, 0.25) is 15.9 Å². The molecule has 0 radical (unpaired) electrons. The van der Waals surface area contributed by atoms with E-state index in [2.05, 4.69) is 5.32 Å². The zero-order valence-corrected chi connectivity index (χ0v) is 13.0. The quantitative estimate of drug-likeness (QED) is 0.884. The lowest BCUT2D eigenvalue weighted by Gasteiger charge is -2.23. The van der Waals surface area contributed by atoms with Crippen LogP contribution in [0, 0.1) is 11.6 Å². The fourth-order valence-corrected chi connectivity index (χ4v) is 2.80. The van der Waals surface area contributed by atoms with Gasteiger partial charge in [0.05, 0.1) is 6.04 Å². The summed E-state index contributed by atoms with van der Waals surface area (Å²) in [6.45, 7) is 6.52. The Bertz CT molecular complexity index is 639. The maximum atomic E-state index is 13.5. The third-order valence-corrected chi connectivity index (χ3v) is 3.96. The minimum Gasteiger partial charge on any atom is -0.350 e. The van der Waals surface area contributed by atoms with Crippen LogP contribution in [0.15, 0.2) is 23.1 Å². The standard InChI is InChI=1S/C13H18F2N2O3S/c1-8(12(18)16-13(2,3)4)17-21(19,20)11-7-9(14)5-6-10(11)15/h5-8,17H,1-4H3,(H,16,18). The maximum absolute atomic E-state index is 13.5. The van der Waals surface area contributed by atoms with Crippen molar-refractivity contribution in [2.24, 2.45) is 0 Å². The van der Waals surface area contributed by atoms with Gasteiger partial charge in [0.25, 0.3) is 0 Å². The number of halogens is 2. The Morgan fingerprint density at radius 3 is 2.33 bits per heavy atom. The van der Waals surface area contributed by atoms with Crippen molar-refractivity contribution in [3.05, 3.63) is 29.8 Å². The lowest BCUT2D eigenvalue weighted by atomic mass is 10.1. The molecule has 21 heavy (non-hydrogen) atoms. The molecule has 1 rings (SSSR count). The summed E-state index contributed by atoms with van der Waals surface area (Å²) in [5, 5.41) is 2.59. The van der Waals surface area contributed by atoms with Crippen LogP contribution < -0.4 is 10.0 Å². The molecule has 2 N–H and O–H groups in total. The van der Waals surface area contributed by atoms with Gasteiger partial charge in [-0.2, -0.15) is 4.72 Å². The minimum atomic E-state index is -4.34. The second-order valence-electron chi connectivity index (χ2n) is 5.66. The summed E-state index contributed by atoms with van der Waals surface area (Å²) in [7, 11) is -4.34. The molecule has 0 bridgehead atoms. The highest BCUT2D eigenvalue weighted by molar-refractivity contribution is 7.89. The van der Waals surface area contributed by atoms with E-state index in [-0.39, 0.29) is 0 Å². The van der Waals surface area contributed by atoms with Crippen LogP contribution in [0.3, 0.4) is 0 Å². The largest absolute Gasteiger partial charge is 0.350 e. The molecular formula is C13H18F2N2O3S. The molecule has 1 amide bonds. The molecule has 1 aromatic rings. The smallest absolute Gasteiger partial charge is 0.244 e. The molecule has 0 aliphatic rings. The van der Waals surface area contributed by atoms with Gasteiger partial charge in [-0.25, -0.2) is 17.2 Å². The van der Waals surface area contributed by atoms with E-state index in [1.807, 2.05) is 4.72 Å². The zero-order chi connectivity index (χ0) is 16.4. The predicted molar refractivity (Wildman–Crippen MR) is 74.0 cm³/mol. The first-order valence-corrected chi connectivity index (χ1v) is 7.70. The van der Waals surface area contributed by atoms with Crippen molar-refractivity contribution in [2.75, 3.05) is 0 Å². The van der Waals surface area contributed by atoms with E-state index in [9.17, 15) is 22.0 Å². The van der Waals surface area contributed by atoms with Crippen LogP contribution in [0.25, 0.3) is 0 Å². The van der Waals surface area contributed by atoms with Gasteiger partial charge in [-0.05, 0) is 45.9 Å². The maximum Gasteiger partial charge on any atom is 0.244 e. The van der Waals surface area contributed by atoms with E-state index in [1.165, 1.54) is 6.92 Å². The molecule has 0 aromatic heterocycles. The summed E-state index contributed by atoms with van der Waals surface area (Å²) in [5.41, 5.74) is -0.541. The van der Waals surface area contributed by atoms with Gasteiger partial charge < -0.3 is 5.32 Å². The number of nitrogens with one attached hydrogen (secondary N) is 2. The fourth-order valence-electron chi connectivity index (χ4n) is 1.51. The number of rotatable bonds is 4. The van der Waals surface area contributed by atoms with Crippen LogP contribution in [0.5, 0.6) is 0 Å². The van der Waals surface area contributed by atoms with E-state index < -0.39 is 44.0 Å². The van der Waals surface area contributed by atoms with Gasteiger partial charge in [-0.1, -0.05) is 0 Å². The van der Waals surface area contributed by atoms with Gasteiger partial charge in [0, 0.05) is 5.54 Å². The summed E-state index contributed by atoms with van der Waals surface area (Å²) in [4.78, 5) is 11.0. The Hall–Kier alpha value is -1.54. The second-order valence-corrected chi connectivity index (χ2v) is 7.34. The van der Waals surface area contributed by atoms with Gasteiger partial charge in [0.1, 0.15) is 16.5 Å². The summed E-state index contributed by atoms with van der Waals surface area (Å²) < 4.78 is 52.6. The highest BCUT2D eigenvalue weighted by Crippen LogP contribution is 2.16. The number of hydrogen-bond acceptors (Lipinski definition) is 3. The zero-order valence-electron chi connectivity index (χ0n) is 12.2. The second kappa shape index (κ2) is 6.07. The number of benzene rings is 1. The normalized spacial score (nSPS) is 13.8. The number of hydrogen-bond donors (Lipinski definition) is 2. The molecule has 1 atom stereocenters. The van der Waals surface area contributed by atoms with Gasteiger partial charge in [-0.3, -0.25) is 4.79 Å². The van der Waals surface area contributed by atoms with Crippen LogP contribution in [0.4, 0.5) is 8.78 Å². The van der Waals surface area contributed by atoms with Gasteiger partial charge in [-0.15, -0.1) is 0 Å². The Kier molecular flexibility index (Phi) is 5.06. The third kappa shape index (κ3) is 5.05. The van der Waals surface area contributed by atoms with Crippen molar-refractivity contribution in [1.82, 2.24) is 10.0 Å². The Morgan fingerprint density at radius 2 is 1.81 bits per heavy atom. The van der Waals surface area contributed by atoms with Crippen LogP contribution in [0.1, 0.15) is 27.7 Å². The van der Waals surface area contributed by atoms with Crippen LogP contribution in [0.2, 0.25) is 0 Å². The first kappa shape index (κ1) is 17.5. The molecule has 0 saturated carbocycles. The van der Waals surface area contributed by atoms with Crippen molar-refractivity contribution in [3.63, 3.8) is 0 Å². The first-order chi connectivity index (χ1) is 9.42. The van der Waals surface area contributed by atoms with Crippen LogP contribution in [-0.2, 0) is 14.8 Å². The van der Waals surface area contributed by atoms with Crippen molar-refractivity contribution in [1.29, 1.82) is 0 Å². The van der Waals surface area contributed by atoms with Crippen LogP contribution >= 0.6 is 0 Å². The van der Waals surface area contributed by atoms with Gasteiger partial charge in [0.15, 0.2) is 0 Å². The molecule has 1 aromatic carbocycles. The van der Waals surface area contributed by atoms with Crippen molar-refractivity contribution in [2.45, 2.75) is 44.2 Å². The third-order valence-electron chi connectivity index (χ3n) is 2.41. The average molecular weight is 320 g/mol. The molecular weight excluding hydrogens is 302 g/mol. The Balaban J connectivity index is 2.95. The molecule has 0 aliphatic carbocycles. The fraction of sp³-hybridized carbons (Fsp3) is 0.462. The van der Waals surface area contributed by atoms with Crippen LogP contribution in [-0.4, -0.2) is 25.9 Å². The number of carbonyl (C=O) groups excluding carboxylic acids is 1. The number of sulfonamides is 1. The Labute approximate surface area is 122 Å². The molecule has 0 saturated heterocycles. The highest BCUT2D eigenvalue weighted by atomic mass is 32.2. The monoisotopic (exact) mass is 320 g/mol. The van der Waals surface area contributed by atoms with Crippen molar-refractivity contribution >= 4 is 15.9 Å². The van der Waals surface area contributed by atoms with E-state index in [4.69, 9.17) is 0 Å². The molecule has 118 valence electrons. The molecule has 1 unspecified atom stereocenters. The van der Waals surface area contributed by atoms with Crippen molar-refractivity contribution in [3.8, 4) is 0 Å². The molecule has 0 spiro atoms. The number of amides is 1. The summed E-state index contributed by atoms with van der Waals surface area (Å²) >= 11 is 0. The van der Waals surface area contributed by atoms with E-state index >= 15 is 0 Å². The molecule has 0 heterocycles. The highest BCUT2D eigenvalue weighted by Gasteiger charge is 2.26. The first-order valence-electron chi connectivity index (χ1n) is 6.22. The van der Waals surface area contributed by atoms with Crippen molar-refractivity contribution < 1.29 is 22.0 Å². The lowest BCUT2D eigenvalue weighted by Crippen LogP contribution is -2.50. The topological polar surface area (TPSA) is 75.3 Å². The molecule has 0 aliphatic heterocycles. The molecule has 0 fully saturated rings. The predicted octanol–water partition coefficient (Wildman–Crippen LogP) is 1.55. The summed E-state index contributed by atoms with van der Waals surface area (Å²) in [6, 6.07) is 0.955. The molecule has 5 nitrogen and oxygen atoms in total. The summed E-state index contributed by atoms with van der Waals surface area (Å²) in [5.74, 6) is -2.54. The van der Waals surface area contributed by atoms with Gasteiger partial charge >= 0.3 is 0 Å². The SMILES string of the molecule is CC(NS(=O)(=O)c1cc(F)ccc1F)C(=O)NC(C)(C)C. The number of carbonyl (C=O) groups is 1. The summed E-state index contributed by atoms with van der Waals surface area (Å²) in [6.07, 6.45) is 0. The molecule has 8 heteroatoms. The minimum absolute atomic E-state index is 0.541. The van der Waals surface area contributed by atoms with E-state index in [0.29, 0.717) is 12.1 Å².